The van der Waals surface area contributed by atoms with Crippen molar-refractivity contribution < 1.29 is 4.79 Å². The van der Waals surface area contributed by atoms with Gasteiger partial charge in [0.25, 0.3) is 5.91 Å². The monoisotopic (exact) mass is 486 g/mol. The molecule has 1 saturated carbocycles. The summed E-state index contributed by atoms with van der Waals surface area (Å²) >= 11 is 0. The quantitative estimate of drug-likeness (QED) is 0.234. The molecule has 1 aliphatic heterocycles. The summed E-state index contributed by atoms with van der Waals surface area (Å²) in [6.45, 7) is 0. The van der Waals surface area contributed by atoms with Crippen LogP contribution in [0.25, 0.3) is 21.5 Å². The number of allylic oxidation sites excluding steroid dienone is 2. The fraction of sp³-hybridized carbons (Fsp3) is 0.324. The first-order chi connectivity index (χ1) is 18.2. The number of anilines is 1. The highest BCUT2D eigenvalue weighted by Crippen LogP contribution is 2.53. The summed E-state index contributed by atoms with van der Waals surface area (Å²) in [5.41, 5.74) is 4.48. The first kappa shape index (κ1) is 22.6. The Morgan fingerprint density at radius 2 is 1.57 bits per heavy atom. The molecule has 7 rings (SSSR count). The van der Waals surface area contributed by atoms with Crippen LogP contribution in [0.2, 0.25) is 0 Å². The molecule has 1 N–H and O–H groups in total. The molecule has 0 saturated heterocycles. The number of nitrogens with zero attached hydrogens (tertiary/aromatic N) is 1. The SMILES string of the molecule is CN(C(=O)c1cccc2c1NC(c1c3ccccc3cc3ccccc13)C1CC=CC21)C1CCCCC1. The van der Waals surface area contributed by atoms with Gasteiger partial charge in [0.05, 0.1) is 17.3 Å². The predicted molar refractivity (Wildman–Crippen MR) is 153 cm³/mol. The van der Waals surface area contributed by atoms with E-state index >= 15 is 0 Å². The van der Waals surface area contributed by atoms with E-state index in [1.54, 1.807) is 0 Å². The summed E-state index contributed by atoms with van der Waals surface area (Å²) in [5, 5.41) is 9.13. The van der Waals surface area contributed by atoms with Crippen LogP contribution in [0.15, 0.2) is 84.9 Å². The highest BCUT2D eigenvalue weighted by molar-refractivity contribution is 6.04. The predicted octanol–water partition coefficient (Wildman–Crippen LogP) is 8.22. The number of hydrogen-bond acceptors (Lipinski definition) is 2. The van der Waals surface area contributed by atoms with Crippen molar-refractivity contribution in [2.45, 2.75) is 56.5 Å². The number of amides is 1. The number of carbonyl (C=O) groups is 1. The molecule has 0 bridgehead atoms. The summed E-state index contributed by atoms with van der Waals surface area (Å²) in [4.78, 5) is 16.0. The summed E-state index contributed by atoms with van der Waals surface area (Å²) in [5.74, 6) is 0.882. The van der Waals surface area contributed by atoms with E-state index in [-0.39, 0.29) is 11.9 Å². The fourth-order valence-electron chi connectivity index (χ4n) is 7.29. The van der Waals surface area contributed by atoms with Gasteiger partial charge in [-0.2, -0.15) is 0 Å². The van der Waals surface area contributed by atoms with Crippen molar-refractivity contribution in [1.29, 1.82) is 0 Å². The fourth-order valence-corrected chi connectivity index (χ4v) is 7.29. The van der Waals surface area contributed by atoms with Crippen molar-refractivity contribution in [2.24, 2.45) is 5.92 Å². The Morgan fingerprint density at radius 1 is 0.865 bits per heavy atom. The average molecular weight is 487 g/mol. The van der Waals surface area contributed by atoms with Crippen molar-refractivity contribution in [3.8, 4) is 0 Å². The van der Waals surface area contributed by atoms with Crippen LogP contribution in [0.3, 0.4) is 0 Å². The maximum atomic E-state index is 13.9. The zero-order valence-corrected chi connectivity index (χ0v) is 21.5. The molecule has 3 unspecified atom stereocenters. The minimum Gasteiger partial charge on any atom is -0.377 e. The molecule has 186 valence electrons. The van der Waals surface area contributed by atoms with E-state index < -0.39 is 0 Å². The number of nitrogens with one attached hydrogen (secondary N) is 1. The van der Waals surface area contributed by atoms with Gasteiger partial charge >= 0.3 is 0 Å². The molecule has 2 aliphatic carbocycles. The number of benzene rings is 4. The molecule has 0 radical (unpaired) electrons. The van der Waals surface area contributed by atoms with E-state index in [1.807, 2.05) is 18.0 Å². The molecule has 3 nitrogen and oxygen atoms in total. The summed E-state index contributed by atoms with van der Waals surface area (Å²) in [6, 6.07) is 26.6. The third kappa shape index (κ3) is 3.67. The van der Waals surface area contributed by atoms with Crippen molar-refractivity contribution >= 4 is 33.1 Å². The molecule has 0 aromatic heterocycles. The smallest absolute Gasteiger partial charge is 0.255 e. The van der Waals surface area contributed by atoms with Gasteiger partial charge in [-0.05, 0) is 70.0 Å². The van der Waals surface area contributed by atoms with E-state index in [0.717, 1.165) is 30.5 Å². The van der Waals surface area contributed by atoms with Crippen molar-refractivity contribution in [3.05, 3.63) is 102 Å². The molecular formula is C34H34N2O. The molecule has 0 spiro atoms. The van der Waals surface area contributed by atoms with E-state index in [4.69, 9.17) is 0 Å². The normalized spacial score (nSPS) is 23.0. The molecule has 1 heterocycles. The maximum absolute atomic E-state index is 13.9. The molecule has 3 heteroatoms. The molecule has 37 heavy (non-hydrogen) atoms. The standard InChI is InChI=1S/C34H34N2O/c1-36(24-13-3-2-4-14-24)34(37)30-20-10-18-28-27-17-9-19-29(27)33(35-32(28)30)31-25-15-7-5-11-22(25)21-23-12-6-8-16-26(23)31/h5-12,15-18,20-21,24,27,29,33,35H,2-4,13-14,19H2,1H3. The van der Waals surface area contributed by atoms with Crippen LogP contribution in [0, 0.1) is 5.92 Å². The van der Waals surface area contributed by atoms with Crippen molar-refractivity contribution in [2.75, 3.05) is 12.4 Å². The maximum Gasteiger partial charge on any atom is 0.255 e. The first-order valence-corrected chi connectivity index (χ1v) is 13.9. The van der Waals surface area contributed by atoms with E-state index in [1.165, 1.54) is 51.9 Å². The number of rotatable bonds is 3. The lowest BCUT2D eigenvalue weighted by Crippen LogP contribution is -2.39. The van der Waals surface area contributed by atoms with Gasteiger partial charge in [0.1, 0.15) is 0 Å². The van der Waals surface area contributed by atoms with E-state index in [9.17, 15) is 4.79 Å². The molecule has 3 aliphatic rings. The summed E-state index contributed by atoms with van der Waals surface area (Å²) in [7, 11) is 2.01. The van der Waals surface area contributed by atoms with Gasteiger partial charge in [0.2, 0.25) is 0 Å². The largest absolute Gasteiger partial charge is 0.377 e. The topological polar surface area (TPSA) is 32.3 Å². The Balaban J connectivity index is 1.38. The third-order valence-corrected chi connectivity index (χ3v) is 9.19. The zero-order valence-electron chi connectivity index (χ0n) is 21.5. The van der Waals surface area contributed by atoms with Gasteiger partial charge in [0.15, 0.2) is 0 Å². The van der Waals surface area contributed by atoms with Gasteiger partial charge in [-0.3, -0.25) is 4.79 Å². The second-order valence-electron chi connectivity index (χ2n) is 11.2. The number of fused-ring (bicyclic) bond motifs is 5. The number of carbonyl (C=O) groups excluding carboxylic acids is 1. The van der Waals surface area contributed by atoms with E-state index in [0.29, 0.717) is 17.9 Å². The molecular weight excluding hydrogens is 452 g/mol. The van der Waals surface area contributed by atoms with Crippen LogP contribution in [-0.2, 0) is 0 Å². The van der Waals surface area contributed by atoms with Gasteiger partial charge in [-0.15, -0.1) is 0 Å². The molecule has 1 amide bonds. The molecule has 1 fully saturated rings. The van der Waals surface area contributed by atoms with Gasteiger partial charge < -0.3 is 10.2 Å². The summed E-state index contributed by atoms with van der Waals surface area (Å²) in [6.07, 6.45) is 11.7. The zero-order chi connectivity index (χ0) is 24.9. The Labute approximate surface area is 219 Å². The van der Waals surface area contributed by atoms with Gasteiger partial charge in [0, 0.05) is 19.0 Å². The highest BCUT2D eigenvalue weighted by atomic mass is 16.2. The Bertz CT molecular complexity index is 1480. The lowest BCUT2D eigenvalue weighted by atomic mass is 9.74. The number of para-hydroxylation sites is 1. The minimum atomic E-state index is 0.123. The van der Waals surface area contributed by atoms with Crippen LogP contribution in [0.1, 0.15) is 72.0 Å². The second kappa shape index (κ2) is 9.06. The lowest BCUT2D eigenvalue weighted by molar-refractivity contribution is 0.0697. The highest BCUT2D eigenvalue weighted by Gasteiger charge is 2.41. The Hall–Kier alpha value is -3.59. The summed E-state index contributed by atoms with van der Waals surface area (Å²) < 4.78 is 0. The van der Waals surface area contributed by atoms with Crippen LogP contribution >= 0.6 is 0 Å². The average Bonchev–Trinajstić information content (AvgIpc) is 3.45. The van der Waals surface area contributed by atoms with Gasteiger partial charge in [-0.25, -0.2) is 0 Å². The van der Waals surface area contributed by atoms with E-state index in [2.05, 4.69) is 84.2 Å². The molecule has 3 atom stereocenters. The first-order valence-electron chi connectivity index (χ1n) is 13.9. The minimum absolute atomic E-state index is 0.123. The lowest BCUT2D eigenvalue weighted by Gasteiger charge is -2.40. The Morgan fingerprint density at radius 3 is 2.30 bits per heavy atom. The van der Waals surface area contributed by atoms with Crippen molar-refractivity contribution in [3.63, 3.8) is 0 Å². The Kier molecular flexibility index (Phi) is 5.53. The second-order valence-corrected chi connectivity index (χ2v) is 11.2. The third-order valence-electron chi connectivity index (χ3n) is 9.19. The van der Waals surface area contributed by atoms with Crippen LogP contribution in [0.4, 0.5) is 5.69 Å². The molecule has 4 aromatic carbocycles. The van der Waals surface area contributed by atoms with Crippen LogP contribution < -0.4 is 5.32 Å². The van der Waals surface area contributed by atoms with Crippen molar-refractivity contribution in [1.82, 2.24) is 4.90 Å². The van der Waals surface area contributed by atoms with Crippen LogP contribution in [0.5, 0.6) is 0 Å². The molecule has 4 aromatic rings. The van der Waals surface area contributed by atoms with Crippen LogP contribution in [-0.4, -0.2) is 23.9 Å². The number of hydrogen-bond donors (Lipinski definition) is 1. The van der Waals surface area contributed by atoms with Gasteiger partial charge in [-0.1, -0.05) is 92.1 Å².